The topological polar surface area (TPSA) is 22.2 Å². The Morgan fingerprint density at radius 1 is 0.625 bits per heavy atom. The number of hydrogen-bond donors (Lipinski definition) is 0. The normalized spacial score (nSPS) is 19.2. The molecular formula is C34H24N4OPt-2. The van der Waals surface area contributed by atoms with Crippen molar-refractivity contribution >= 4 is 8.29 Å². The van der Waals surface area contributed by atoms with Crippen LogP contribution in [0.3, 0.4) is 0 Å². The zero-order valence-corrected chi connectivity index (χ0v) is 23.8. The van der Waals surface area contributed by atoms with Crippen molar-refractivity contribution in [1.29, 1.82) is 0 Å². The molecule has 4 aromatic carbocycles. The van der Waals surface area contributed by atoms with Gasteiger partial charge in [0.05, 0.1) is 0 Å². The van der Waals surface area contributed by atoms with Crippen molar-refractivity contribution in [1.82, 2.24) is 19.6 Å². The van der Waals surface area contributed by atoms with Crippen LogP contribution in [0.2, 0.25) is 0 Å². The predicted octanol–water partition coefficient (Wildman–Crippen LogP) is 5.31. The van der Waals surface area contributed by atoms with Crippen LogP contribution in [-0.2, 0) is 29.7 Å². The van der Waals surface area contributed by atoms with Crippen molar-refractivity contribution in [3.8, 4) is 22.6 Å². The van der Waals surface area contributed by atoms with E-state index in [1.165, 1.54) is 30.5 Å². The number of fused-ring (bicyclic) bond motifs is 11. The molecule has 5 aliphatic rings. The molecule has 0 atom stereocenters. The molecule has 0 radical (unpaired) electrons. The summed E-state index contributed by atoms with van der Waals surface area (Å²) >= 11 is -0.556. The van der Waals surface area contributed by atoms with Crippen molar-refractivity contribution in [3.63, 3.8) is 0 Å². The van der Waals surface area contributed by atoms with E-state index in [-0.39, 0.29) is 0 Å². The predicted molar refractivity (Wildman–Crippen MR) is 151 cm³/mol. The fourth-order valence-electron chi connectivity index (χ4n) is 6.52. The summed E-state index contributed by atoms with van der Waals surface area (Å²) in [5, 5.41) is 0. The minimum absolute atomic E-state index is 0.556. The SMILES string of the molecule is [c-]1c2cccc1Oc1[c-]c(ccc1)C1(c3ccccc3-c3ccccc31)N1C=CN3CCN4C=CN(C2)[C]4=[Pt]=[C]31. The van der Waals surface area contributed by atoms with E-state index in [0.717, 1.165) is 30.8 Å². The van der Waals surface area contributed by atoms with Gasteiger partial charge in [-0.1, -0.05) is 0 Å². The van der Waals surface area contributed by atoms with Crippen LogP contribution in [0.4, 0.5) is 0 Å². The molecule has 0 fully saturated rings. The maximum atomic E-state index is 6.45. The van der Waals surface area contributed by atoms with Gasteiger partial charge in [-0.15, -0.1) is 0 Å². The van der Waals surface area contributed by atoms with Crippen LogP contribution in [0, 0.1) is 12.1 Å². The number of benzene rings is 4. The van der Waals surface area contributed by atoms with Crippen LogP contribution >= 0.6 is 0 Å². The Kier molecular flexibility index (Phi) is 4.74. The van der Waals surface area contributed by atoms with Crippen molar-refractivity contribution in [2.24, 2.45) is 0 Å². The zero-order chi connectivity index (χ0) is 26.3. The fraction of sp³-hybridized carbons (Fsp3) is 0.118. The van der Waals surface area contributed by atoms with E-state index in [1.807, 2.05) is 12.1 Å². The Bertz CT molecular complexity index is 1810. The van der Waals surface area contributed by atoms with Gasteiger partial charge in [0, 0.05) is 0 Å². The van der Waals surface area contributed by atoms with Gasteiger partial charge in [-0.25, -0.2) is 0 Å². The quantitative estimate of drug-likeness (QED) is 0.232. The third kappa shape index (κ3) is 3.07. The van der Waals surface area contributed by atoms with Gasteiger partial charge in [0.1, 0.15) is 0 Å². The zero-order valence-electron chi connectivity index (χ0n) is 21.5. The van der Waals surface area contributed by atoms with Gasteiger partial charge >= 0.3 is 242 Å². The second-order valence-electron chi connectivity index (χ2n) is 10.4. The second kappa shape index (κ2) is 8.39. The first-order valence-corrected chi connectivity index (χ1v) is 15.8. The third-order valence-electron chi connectivity index (χ3n) is 8.22. The monoisotopic (exact) mass is 699 g/mol. The number of hydrogen-bond acceptors (Lipinski definition) is 5. The van der Waals surface area contributed by atoms with Crippen LogP contribution in [-0.4, -0.2) is 41.0 Å². The first-order chi connectivity index (χ1) is 19.8. The summed E-state index contributed by atoms with van der Waals surface area (Å²) in [5.74, 6) is 1.41. The molecule has 0 unspecified atom stereocenters. The summed E-state index contributed by atoms with van der Waals surface area (Å²) in [6, 6.07) is 37.5. The molecule has 40 heavy (non-hydrogen) atoms. The molecule has 4 aliphatic heterocycles. The average molecular weight is 700 g/mol. The van der Waals surface area contributed by atoms with Crippen LogP contribution in [0.5, 0.6) is 11.5 Å². The van der Waals surface area contributed by atoms with Gasteiger partial charge in [-0.2, -0.15) is 0 Å². The van der Waals surface area contributed by atoms with E-state index in [2.05, 4.69) is 129 Å². The molecule has 1 aliphatic carbocycles. The van der Waals surface area contributed by atoms with Crippen molar-refractivity contribution in [3.05, 3.63) is 144 Å². The number of nitrogens with zero attached hydrogens (tertiary/aromatic N) is 4. The molecule has 0 N–H and O–H groups in total. The Labute approximate surface area is 241 Å². The minimum atomic E-state index is -0.574. The van der Waals surface area contributed by atoms with Gasteiger partial charge in [-0.05, 0) is 0 Å². The molecule has 6 bridgehead atoms. The van der Waals surface area contributed by atoms with Gasteiger partial charge in [0.15, 0.2) is 0 Å². The van der Waals surface area contributed by atoms with E-state index < -0.39 is 23.2 Å². The molecule has 1 spiro atoms. The first kappa shape index (κ1) is 22.6. The van der Waals surface area contributed by atoms with Crippen molar-refractivity contribution in [2.75, 3.05) is 13.1 Å². The van der Waals surface area contributed by atoms with E-state index in [0.29, 0.717) is 11.5 Å². The molecule has 0 aromatic heterocycles. The third-order valence-corrected chi connectivity index (χ3v) is 11.7. The number of rotatable bonds is 0. The van der Waals surface area contributed by atoms with E-state index in [4.69, 9.17) is 4.74 Å². The Hall–Kier alpha value is -4.21. The van der Waals surface area contributed by atoms with Gasteiger partial charge < -0.3 is 0 Å². The van der Waals surface area contributed by atoms with E-state index >= 15 is 0 Å². The van der Waals surface area contributed by atoms with Crippen molar-refractivity contribution in [2.45, 2.75) is 12.1 Å². The summed E-state index contributed by atoms with van der Waals surface area (Å²) < 4.78 is 9.23. The molecule has 198 valence electrons. The Balaban J connectivity index is 1.40. The molecule has 0 saturated heterocycles. The molecule has 4 aromatic rings. The Morgan fingerprint density at radius 2 is 1.27 bits per heavy atom. The van der Waals surface area contributed by atoms with Gasteiger partial charge in [0.2, 0.25) is 0 Å². The van der Waals surface area contributed by atoms with Crippen molar-refractivity contribution < 1.29 is 22.4 Å². The number of ether oxygens (including phenoxy) is 1. The van der Waals surface area contributed by atoms with Crippen LogP contribution < -0.4 is 4.74 Å². The molecular weight excluding hydrogens is 675 g/mol. The standard InChI is InChI=1S/C34H24N4O.Pt/c1-3-13-32-30(11-1)31-12-2-4-14-33(31)34(32)27-8-6-10-29(22-27)39-28-9-5-7-26(21-28)23-37-18-17-35(24-37)15-16-36-19-20-38(34)25-36;/h1-14,17-20H,15-16,23H2;/q-2;. The summed E-state index contributed by atoms with van der Waals surface area (Å²) in [6.07, 6.45) is 9.07. The molecule has 0 saturated carbocycles. The van der Waals surface area contributed by atoms with Crippen LogP contribution in [0.15, 0.2) is 110 Å². The van der Waals surface area contributed by atoms with Gasteiger partial charge in [0.25, 0.3) is 0 Å². The summed E-state index contributed by atoms with van der Waals surface area (Å²) in [5.41, 5.74) is 6.72. The fourth-order valence-corrected chi connectivity index (χ4v) is 9.97. The van der Waals surface area contributed by atoms with Gasteiger partial charge in [-0.3, -0.25) is 0 Å². The molecule has 6 heteroatoms. The second-order valence-corrected chi connectivity index (χ2v) is 13.0. The van der Waals surface area contributed by atoms with Crippen LogP contribution in [0.25, 0.3) is 11.1 Å². The molecule has 4 heterocycles. The molecule has 0 amide bonds. The summed E-state index contributed by atoms with van der Waals surface area (Å²) in [7, 11) is 0. The first-order valence-electron chi connectivity index (χ1n) is 13.5. The summed E-state index contributed by atoms with van der Waals surface area (Å²) in [4.78, 5) is 9.91. The van der Waals surface area contributed by atoms with E-state index in [1.54, 1.807) is 0 Å². The molecule has 9 rings (SSSR count). The Morgan fingerprint density at radius 3 is 2.08 bits per heavy atom. The van der Waals surface area contributed by atoms with Crippen LogP contribution in [0.1, 0.15) is 22.3 Å². The van der Waals surface area contributed by atoms with E-state index in [9.17, 15) is 0 Å². The average Bonchev–Trinajstić information content (AvgIpc) is 3.61. The maximum absolute atomic E-state index is 6.45. The summed E-state index contributed by atoms with van der Waals surface area (Å²) in [6.45, 7) is 2.66. The molecule has 5 nitrogen and oxygen atoms in total.